The summed E-state index contributed by atoms with van der Waals surface area (Å²) >= 11 is 6.28. The summed E-state index contributed by atoms with van der Waals surface area (Å²) in [7, 11) is 0. The van der Waals surface area contributed by atoms with Crippen molar-refractivity contribution in [1.82, 2.24) is 0 Å². The lowest BCUT2D eigenvalue weighted by molar-refractivity contribution is -0.120. The molecular formula is C27H24ClN3O3. The minimum absolute atomic E-state index is 0.0282. The molecule has 0 bridgehead atoms. The van der Waals surface area contributed by atoms with Crippen molar-refractivity contribution >= 4 is 46.4 Å². The van der Waals surface area contributed by atoms with Gasteiger partial charge in [0.1, 0.15) is 10.7 Å². The smallest absolute Gasteiger partial charge is 0.283 e. The van der Waals surface area contributed by atoms with Gasteiger partial charge in [0.2, 0.25) is 0 Å². The number of rotatable bonds is 5. The van der Waals surface area contributed by atoms with Crippen molar-refractivity contribution < 1.29 is 14.4 Å². The van der Waals surface area contributed by atoms with Crippen molar-refractivity contribution in [3.63, 3.8) is 0 Å². The van der Waals surface area contributed by atoms with Gasteiger partial charge in [-0.25, -0.2) is 4.90 Å². The van der Waals surface area contributed by atoms with E-state index < -0.39 is 11.8 Å². The zero-order valence-corrected chi connectivity index (χ0v) is 20.1. The predicted octanol–water partition coefficient (Wildman–Crippen LogP) is 5.61. The first-order chi connectivity index (χ1) is 16.2. The SMILES string of the molecule is Cc1ccc(NC(=O)c2cccc(NC3=C(Cl)C(=O)N(c4cccc(C)c4C)C3=O)c2)c(C)c1. The largest absolute Gasteiger partial charge is 0.350 e. The molecule has 0 spiro atoms. The molecule has 0 unspecified atom stereocenters. The first kappa shape index (κ1) is 23.3. The molecule has 0 saturated carbocycles. The van der Waals surface area contributed by atoms with E-state index in [-0.39, 0.29) is 16.6 Å². The van der Waals surface area contributed by atoms with Crippen LogP contribution in [0.2, 0.25) is 0 Å². The highest BCUT2D eigenvalue weighted by Crippen LogP contribution is 2.33. The van der Waals surface area contributed by atoms with Crippen LogP contribution in [-0.4, -0.2) is 17.7 Å². The molecule has 0 saturated heterocycles. The Bertz CT molecular complexity index is 1380. The Kier molecular flexibility index (Phi) is 6.26. The molecule has 4 rings (SSSR count). The topological polar surface area (TPSA) is 78.5 Å². The maximum Gasteiger partial charge on any atom is 0.283 e. The predicted molar refractivity (Wildman–Crippen MR) is 135 cm³/mol. The molecule has 1 aliphatic rings. The summed E-state index contributed by atoms with van der Waals surface area (Å²) in [6.07, 6.45) is 0. The molecule has 172 valence electrons. The average molecular weight is 474 g/mol. The Balaban J connectivity index is 1.56. The molecule has 3 amide bonds. The van der Waals surface area contributed by atoms with Crippen molar-refractivity contribution in [2.24, 2.45) is 0 Å². The number of halogens is 1. The molecule has 0 atom stereocenters. The van der Waals surface area contributed by atoms with E-state index in [0.717, 1.165) is 32.8 Å². The fourth-order valence-electron chi connectivity index (χ4n) is 3.84. The molecule has 7 heteroatoms. The van der Waals surface area contributed by atoms with Crippen LogP contribution >= 0.6 is 11.6 Å². The zero-order valence-electron chi connectivity index (χ0n) is 19.3. The van der Waals surface area contributed by atoms with Gasteiger partial charge in [0.25, 0.3) is 17.7 Å². The first-order valence-corrected chi connectivity index (χ1v) is 11.2. The molecule has 1 heterocycles. The molecule has 3 aromatic rings. The van der Waals surface area contributed by atoms with Crippen LogP contribution in [0.1, 0.15) is 32.6 Å². The number of hydrogen-bond acceptors (Lipinski definition) is 4. The van der Waals surface area contributed by atoms with Gasteiger partial charge in [-0.3, -0.25) is 14.4 Å². The number of aryl methyl sites for hydroxylation is 3. The van der Waals surface area contributed by atoms with Crippen LogP contribution < -0.4 is 15.5 Å². The Morgan fingerprint density at radius 1 is 0.853 bits per heavy atom. The summed E-state index contributed by atoms with van der Waals surface area (Å²) in [5.74, 6) is -1.43. The molecule has 3 aromatic carbocycles. The molecule has 2 N–H and O–H groups in total. The lowest BCUT2D eigenvalue weighted by Crippen LogP contribution is -2.33. The number of benzene rings is 3. The minimum Gasteiger partial charge on any atom is -0.350 e. The third-order valence-corrected chi connectivity index (χ3v) is 6.22. The van der Waals surface area contributed by atoms with Crippen LogP contribution in [0.4, 0.5) is 17.1 Å². The molecule has 0 aliphatic carbocycles. The molecule has 1 aliphatic heterocycles. The van der Waals surface area contributed by atoms with Gasteiger partial charge in [-0.15, -0.1) is 0 Å². The van der Waals surface area contributed by atoms with Gasteiger partial charge in [0, 0.05) is 16.9 Å². The monoisotopic (exact) mass is 473 g/mol. The molecule has 0 radical (unpaired) electrons. The third-order valence-electron chi connectivity index (χ3n) is 5.87. The number of carbonyl (C=O) groups is 3. The number of hydrogen-bond donors (Lipinski definition) is 2. The lowest BCUT2D eigenvalue weighted by Gasteiger charge is -2.18. The van der Waals surface area contributed by atoms with Gasteiger partial charge in [0.05, 0.1) is 5.69 Å². The summed E-state index contributed by atoms with van der Waals surface area (Å²) in [5, 5.41) is 5.65. The van der Waals surface area contributed by atoms with E-state index in [2.05, 4.69) is 10.6 Å². The van der Waals surface area contributed by atoms with Crippen molar-refractivity contribution in [2.45, 2.75) is 27.7 Å². The van der Waals surface area contributed by atoms with Crippen LogP contribution in [0.25, 0.3) is 0 Å². The van der Waals surface area contributed by atoms with Crippen LogP contribution in [-0.2, 0) is 9.59 Å². The Hall–Kier alpha value is -3.90. The number of nitrogens with zero attached hydrogens (tertiary/aromatic N) is 1. The van der Waals surface area contributed by atoms with Crippen LogP contribution in [0.3, 0.4) is 0 Å². The number of nitrogens with one attached hydrogen (secondary N) is 2. The van der Waals surface area contributed by atoms with Crippen molar-refractivity contribution in [3.05, 3.63) is 99.2 Å². The Morgan fingerprint density at radius 3 is 2.32 bits per heavy atom. The molecule has 0 fully saturated rings. The summed E-state index contributed by atoms with van der Waals surface area (Å²) in [5.41, 5.74) is 5.89. The van der Waals surface area contributed by atoms with Crippen LogP contribution in [0.5, 0.6) is 0 Å². The van der Waals surface area contributed by atoms with Crippen LogP contribution in [0, 0.1) is 27.7 Å². The lowest BCUT2D eigenvalue weighted by atomic mass is 10.1. The summed E-state index contributed by atoms with van der Waals surface area (Å²) in [6, 6.07) is 17.9. The summed E-state index contributed by atoms with van der Waals surface area (Å²) in [4.78, 5) is 39.9. The molecule has 0 aromatic heterocycles. The average Bonchev–Trinajstić information content (AvgIpc) is 3.01. The fraction of sp³-hybridized carbons (Fsp3) is 0.148. The minimum atomic E-state index is -0.591. The van der Waals surface area contributed by atoms with E-state index in [1.54, 1.807) is 36.4 Å². The van der Waals surface area contributed by atoms with E-state index >= 15 is 0 Å². The van der Waals surface area contributed by atoms with E-state index in [0.29, 0.717) is 16.9 Å². The first-order valence-electron chi connectivity index (χ1n) is 10.8. The number of anilines is 3. The highest BCUT2D eigenvalue weighted by atomic mass is 35.5. The number of imide groups is 1. The highest BCUT2D eigenvalue weighted by Gasteiger charge is 2.39. The highest BCUT2D eigenvalue weighted by molar-refractivity contribution is 6.53. The molecule has 6 nitrogen and oxygen atoms in total. The molecule has 34 heavy (non-hydrogen) atoms. The van der Waals surface area contributed by atoms with Crippen LogP contribution in [0.15, 0.2) is 71.4 Å². The Labute approximate surface area is 203 Å². The molecular weight excluding hydrogens is 450 g/mol. The van der Waals surface area contributed by atoms with Gasteiger partial charge >= 0.3 is 0 Å². The van der Waals surface area contributed by atoms with Crippen molar-refractivity contribution in [2.75, 3.05) is 15.5 Å². The van der Waals surface area contributed by atoms with E-state index in [4.69, 9.17) is 11.6 Å². The third kappa shape index (κ3) is 4.32. The van der Waals surface area contributed by atoms with Gasteiger partial charge in [-0.05, 0) is 74.7 Å². The van der Waals surface area contributed by atoms with Gasteiger partial charge in [-0.1, -0.05) is 47.5 Å². The normalized spacial score (nSPS) is 13.5. The maximum atomic E-state index is 13.1. The van der Waals surface area contributed by atoms with Gasteiger partial charge in [-0.2, -0.15) is 0 Å². The fourth-order valence-corrected chi connectivity index (χ4v) is 4.05. The second-order valence-corrected chi connectivity index (χ2v) is 8.71. The van der Waals surface area contributed by atoms with Gasteiger partial charge < -0.3 is 10.6 Å². The maximum absolute atomic E-state index is 13.1. The van der Waals surface area contributed by atoms with E-state index in [1.807, 2.05) is 52.0 Å². The second-order valence-electron chi connectivity index (χ2n) is 8.33. The van der Waals surface area contributed by atoms with Gasteiger partial charge in [0.15, 0.2) is 0 Å². The van der Waals surface area contributed by atoms with Crippen molar-refractivity contribution in [3.8, 4) is 0 Å². The quantitative estimate of drug-likeness (QED) is 0.472. The summed E-state index contributed by atoms with van der Waals surface area (Å²) < 4.78 is 0. The number of carbonyl (C=O) groups excluding carboxylic acids is 3. The second kappa shape index (κ2) is 9.15. The number of amides is 3. The van der Waals surface area contributed by atoms with E-state index in [1.165, 1.54) is 0 Å². The van der Waals surface area contributed by atoms with Crippen molar-refractivity contribution in [1.29, 1.82) is 0 Å². The standard InChI is InChI=1S/C27H24ClN3O3/c1-15-11-12-21(17(3)13-15)30-25(32)19-8-6-9-20(14-19)29-24-23(28)26(33)31(27(24)34)22-10-5-7-16(2)18(22)4/h5-14,29H,1-4H3,(H,30,32). The Morgan fingerprint density at radius 2 is 1.59 bits per heavy atom. The summed E-state index contributed by atoms with van der Waals surface area (Å²) in [6.45, 7) is 7.68. The van der Waals surface area contributed by atoms with E-state index in [9.17, 15) is 14.4 Å². The zero-order chi connectivity index (χ0) is 24.6.